The second-order valence-electron chi connectivity index (χ2n) is 17.2. The van der Waals surface area contributed by atoms with E-state index in [-0.39, 0.29) is 31.1 Å². The lowest BCUT2D eigenvalue weighted by Gasteiger charge is -2.18. The van der Waals surface area contributed by atoms with E-state index >= 15 is 0 Å². The van der Waals surface area contributed by atoms with Gasteiger partial charge in [0.1, 0.15) is 13.2 Å². The molecular formula is C49H94O6. The van der Waals surface area contributed by atoms with E-state index in [0.717, 1.165) is 63.7 Å². The molecule has 0 aromatic rings. The third kappa shape index (κ3) is 43.4. The number of carbonyl (C=O) groups is 3. The number of hydrogen-bond donors (Lipinski definition) is 0. The number of ether oxygens (including phenoxy) is 3. The van der Waals surface area contributed by atoms with Crippen molar-refractivity contribution in [3.8, 4) is 0 Å². The van der Waals surface area contributed by atoms with Crippen LogP contribution in [0, 0.1) is 5.92 Å². The first-order chi connectivity index (χ1) is 26.9. The highest BCUT2D eigenvalue weighted by Crippen LogP contribution is 2.16. The van der Waals surface area contributed by atoms with Gasteiger partial charge in [0.15, 0.2) is 6.10 Å². The molecule has 0 aliphatic rings. The van der Waals surface area contributed by atoms with Gasteiger partial charge in [-0.05, 0) is 25.2 Å². The van der Waals surface area contributed by atoms with Gasteiger partial charge in [-0.1, -0.05) is 233 Å². The second-order valence-corrected chi connectivity index (χ2v) is 17.2. The molecule has 0 unspecified atom stereocenters. The molecule has 0 bridgehead atoms. The van der Waals surface area contributed by atoms with E-state index in [1.165, 1.54) is 167 Å². The average Bonchev–Trinajstić information content (AvgIpc) is 3.17. The molecule has 0 saturated carbocycles. The summed E-state index contributed by atoms with van der Waals surface area (Å²) < 4.78 is 16.7. The molecule has 0 aliphatic carbocycles. The smallest absolute Gasteiger partial charge is 0.306 e. The summed E-state index contributed by atoms with van der Waals surface area (Å²) in [6.07, 6.45) is 43.8. The fourth-order valence-corrected chi connectivity index (χ4v) is 7.33. The summed E-state index contributed by atoms with van der Waals surface area (Å²) in [6.45, 7) is 8.94. The molecule has 0 aromatic carbocycles. The standard InChI is InChI=1S/C49H94O6/c1-5-7-9-11-13-15-17-19-20-22-24-26-28-33-37-41-48(51)54-44-46(55-49(52)42-38-34-30-29-31-35-39-45(3)4)43-53-47(50)40-36-32-27-25-23-21-18-16-14-12-10-8-6-2/h45-46H,5-44H2,1-4H3/t46-/m1/s1. The van der Waals surface area contributed by atoms with E-state index in [1.54, 1.807) is 0 Å². The van der Waals surface area contributed by atoms with Crippen LogP contribution in [-0.2, 0) is 28.6 Å². The molecule has 0 heterocycles. The molecule has 0 aromatic heterocycles. The van der Waals surface area contributed by atoms with Crippen LogP contribution in [0.2, 0.25) is 0 Å². The number of hydrogen-bond acceptors (Lipinski definition) is 6. The Morgan fingerprint density at radius 3 is 0.891 bits per heavy atom. The quantitative estimate of drug-likeness (QED) is 0.0348. The molecule has 55 heavy (non-hydrogen) atoms. The third-order valence-corrected chi connectivity index (χ3v) is 11.0. The Labute approximate surface area is 342 Å². The number of carbonyl (C=O) groups excluding carboxylic acids is 3. The van der Waals surface area contributed by atoms with Crippen molar-refractivity contribution in [2.24, 2.45) is 5.92 Å². The largest absolute Gasteiger partial charge is 0.462 e. The monoisotopic (exact) mass is 779 g/mol. The zero-order chi connectivity index (χ0) is 40.3. The van der Waals surface area contributed by atoms with Crippen molar-refractivity contribution < 1.29 is 28.6 Å². The van der Waals surface area contributed by atoms with Gasteiger partial charge in [-0.3, -0.25) is 14.4 Å². The maximum Gasteiger partial charge on any atom is 0.306 e. The van der Waals surface area contributed by atoms with Gasteiger partial charge in [-0.2, -0.15) is 0 Å². The van der Waals surface area contributed by atoms with Gasteiger partial charge in [0.05, 0.1) is 0 Å². The molecular weight excluding hydrogens is 685 g/mol. The Balaban J connectivity index is 4.26. The Morgan fingerprint density at radius 2 is 0.600 bits per heavy atom. The first kappa shape index (κ1) is 53.4. The fourth-order valence-electron chi connectivity index (χ4n) is 7.33. The van der Waals surface area contributed by atoms with Gasteiger partial charge in [0.2, 0.25) is 0 Å². The highest BCUT2D eigenvalue weighted by atomic mass is 16.6. The average molecular weight is 779 g/mol. The lowest BCUT2D eigenvalue weighted by molar-refractivity contribution is -0.167. The molecule has 0 spiro atoms. The third-order valence-electron chi connectivity index (χ3n) is 11.0. The molecule has 0 radical (unpaired) electrons. The van der Waals surface area contributed by atoms with Crippen LogP contribution < -0.4 is 0 Å². The maximum atomic E-state index is 12.7. The van der Waals surface area contributed by atoms with Crippen molar-refractivity contribution in [1.82, 2.24) is 0 Å². The Kier molecular flexibility index (Phi) is 42.3. The Morgan fingerprint density at radius 1 is 0.345 bits per heavy atom. The zero-order valence-electron chi connectivity index (χ0n) is 37.4. The van der Waals surface area contributed by atoms with Crippen molar-refractivity contribution in [3.05, 3.63) is 0 Å². The summed E-state index contributed by atoms with van der Waals surface area (Å²) in [7, 11) is 0. The van der Waals surface area contributed by atoms with E-state index in [0.29, 0.717) is 19.3 Å². The molecule has 0 fully saturated rings. The van der Waals surface area contributed by atoms with Crippen molar-refractivity contribution in [3.63, 3.8) is 0 Å². The van der Waals surface area contributed by atoms with Gasteiger partial charge in [0, 0.05) is 19.3 Å². The predicted molar refractivity (Wildman–Crippen MR) is 233 cm³/mol. The van der Waals surface area contributed by atoms with E-state index < -0.39 is 6.10 Å². The van der Waals surface area contributed by atoms with E-state index in [2.05, 4.69) is 27.7 Å². The van der Waals surface area contributed by atoms with Crippen LogP contribution in [0.3, 0.4) is 0 Å². The van der Waals surface area contributed by atoms with Gasteiger partial charge < -0.3 is 14.2 Å². The molecule has 0 rings (SSSR count). The van der Waals surface area contributed by atoms with Crippen LogP contribution in [0.25, 0.3) is 0 Å². The normalized spacial score (nSPS) is 11.9. The number of esters is 3. The molecule has 1 atom stereocenters. The summed E-state index contributed by atoms with van der Waals surface area (Å²) in [6, 6.07) is 0. The topological polar surface area (TPSA) is 78.9 Å². The highest BCUT2D eigenvalue weighted by Gasteiger charge is 2.19. The highest BCUT2D eigenvalue weighted by molar-refractivity contribution is 5.71. The number of unbranched alkanes of at least 4 members (excludes halogenated alkanes) is 31. The minimum absolute atomic E-state index is 0.0643. The Hall–Kier alpha value is -1.59. The van der Waals surface area contributed by atoms with Gasteiger partial charge >= 0.3 is 17.9 Å². The molecule has 0 amide bonds. The summed E-state index contributed by atoms with van der Waals surface area (Å²) >= 11 is 0. The van der Waals surface area contributed by atoms with Gasteiger partial charge in [0.25, 0.3) is 0 Å². The van der Waals surface area contributed by atoms with Crippen LogP contribution in [0.4, 0.5) is 0 Å². The van der Waals surface area contributed by atoms with E-state index in [4.69, 9.17) is 14.2 Å². The van der Waals surface area contributed by atoms with Crippen molar-refractivity contribution in [2.75, 3.05) is 13.2 Å². The fraction of sp³-hybridized carbons (Fsp3) is 0.939. The first-order valence-electron chi connectivity index (χ1n) is 24.4. The molecule has 6 heteroatoms. The van der Waals surface area contributed by atoms with Crippen LogP contribution in [0.1, 0.15) is 272 Å². The van der Waals surface area contributed by atoms with Crippen molar-refractivity contribution in [1.29, 1.82) is 0 Å². The second kappa shape index (κ2) is 43.5. The predicted octanol–water partition coefficient (Wildman–Crippen LogP) is 15.5. The molecule has 0 saturated heterocycles. The minimum atomic E-state index is -0.760. The van der Waals surface area contributed by atoms with Crippen LogP contribution in [-0.4, -0.2) is 37.2 Å². The van der Waals surface area contributed by atoms with Crippen molar-refractivity contribution in [2.45, 2.75) is 278 Å². The molecule has 0 aliphatic heterocycles. The lowest BCUT2D eigenvalue weighted by Crippen LogP contribution is -2.30. The Bertz CT molecular complexity index is 826. The van der Waals surface area contributed by atoms with Crippen molar-refractivity contribution >= 4 is 17.9 Å². The molecule has 0 N–H and O–H groups in total. The summed E-state index contributed by atoms with van der Waals surface area (Å²) in [4.78, 5) is 37.8. The summed E-state index contributed by atoms with van der Waals surface area (Å²) in [5, 5.41) is 0. The van der Waals surface area contributed by atoms with E-state index in [9.17, 15) is 14.4 Å². The minimum Gasteiger partial charge on any atom is -0.462 e. The summed E-state index contributed by atoms with van der Waals surface area (Å²) in [5.74, 6) is -0.0950. The van der Waals surface area contributed by atoms with Crippen LogP contribution in [0.15, 0.2) is 0 Å². The first-order valence-corrected chi connectivity index (χ1v) is 24.4. The van der Waals surface area contributed by atoms with E-state index in [1.807, 2.05) is 0 Å². The molecule has 6 nitrogen and oxygen atoms in total. The molecule has 326 valence electrons. The maximum absolute atomic E-state index is 12.7. The van der Waals surface area contributed by atoms with Crippen LogP contribution >= 0.6 is 0 Å². The summed E-state index contributed by atoms with van der Waals surface area (Å²) in [5.41, 5.74) is 0. The van der Waals surface area contributed by atoms with Crippen LogP contribution in [0.5, 0.6) is 0 Å². The zero-order valence-corrected chi connectivity index (χ0v) is 37.4. The number of rotatable bonds is 44. The van der Waals surface area contributed by atoms with Gasteiger partial charge in [-0.15, -0.1) is 0 Å². The SMILES string of the molecule is CCCCCCCCCCCCCCCCCC(=O)OC[C@@H](COC(=O)CCCCCCCCCCCCCCC)OC(=O)CCCCCCCCC(C)C. The lowest BCUT2D eigenvalue weighted by atomic mass is 10.0. The van der Waals surface area contributed by atoms with Gasteiger partial charge in [-0.25, -0.2) is 0 Å².